The van der Waals surface area contributed by atoms with E-state index >= 15 is 0 Å². The molecule has 162 valence electrons. The number of benzene rings is 1. The summed E-state index contributed by atoms with van der Waals surface area (Å²) in [5.74, 6) is -2.00. The van der Waals surface area contributed by atoms with Crippen LogP contribution in [0.1, 0.15) is 36.2 Å². The second kappa shape index (κ2) is 8.16. The third kappa shape index (κ3) is 3.70. The number of aromatic amines is 1. The van der Waals surface area contributed by atoms with Crippen molar-refractivity contribution in [2.45, 2.75) is 37.3 Å². The Morgan fingerprint density at radius 2 is 2.06 bits per heavy atom. The van der Waals surface area contributed by atoms with Crippen molar-refractivity contribution in [1.82, 2.24) is 25.2 Å². The van der Waals surface area contributed by atoms with Crippen LogP contribution in [0.25, 0.3) is 5.65 Å². The maximum Gasteiger partial charge on any atom is 0.330 e. The Morgan fingerprint density at radius 3 is 2.68 bits per heavy atom. The molecule has 1 aliphatic rings. The topological polar surface area (TPSA) is 129 Å². The average Bonchev–Trinajstić information content (AvgIpc) is 3.12. The maximum atomic E-state index is 12.6. The Labute approximate surface area is 182 Å². The highest BCUT2D eigenvalue weighted by Crippen LogP contribution is 2.50. The molecule has 1 unspecified atom stereocenters. The summed E-state index contributed by atoms with van der Waals surface area (Å²) >= 11 is 6.47. The van der Waals surface area contributed by atoms with Crippen molar-refractivity contribution in [1.29, 1.82) is 0 Å². The van der Waals surface area contributed by atoms with E-state index in [1.165, 1.54) is 17.6 Å². The van der Waals surface area contributed by atoms with E-state index in [2.05, 4.69) is 20.7 Å². The molecule has 1 saturated carbocycles. The molecule has 0 spiro atoms. The number of aromatic nitrogens is 3. The molecule has 31 heavy (non-hydrogen) atoms. The molecule has 1 aliphatic carbocycles. The third-order valence-corrected chi connectivity index (χ3v) is 6.19. The van der Waals surface area contributed by atoms with Crippen LogP contribution in [0.5, 0.6) is 0 Å². The number of halogens is 1. The molecule has 0 aliphatic heterocycles. The fourth-order valence-corrected chi connectivity index (χ4v) is 4.40. The number of nitrogens with one attached hydrogen (secondary N) is 3. The molecule has 10 heteroatoms. The fraction of sp³-hybridized carbons (Fsp3) is 0.333. The van der Waals surface area contributed by atoms with Gasteiger partial charge in [0.15, 0.2) is 11.7 Å². The number of carbonyl (C=O) groups excluding carboxylic acids is 1. The normalized spacial score (nSPS) is 15.9. The molecule has 4 N–H and O–H groups in total. The van der Waals surface area contributed by atoms with Gasteiger partial charge >= 0.3 is 5.97 Å². The molecule has 3 aromatic rings. The highest BCUT2D eigenvalue weighted by atomic mass is 35.5. The Kier molecular flexibility index (Phi) is 5.55. The number of hydrogen-bond donors (Lipinski definition) is 4. The summed E-state index contributed by atoms with van der Waals surface area (Å²) in [6, 6.07) is 9.47. The van der Waals surface area contributed by atoms with Gasteiger partial charge in [-0.3, -0.25) is 20.0 Å². The first-order valence-corrected chi connectivity index (χ1v) is 10.3. The summed E-state index contributed by atoms with van der Waals surface area (Å²) in [6.07, 6.45) is 2.86. The van der Waals surface area contributed by atoms with Crippen LogP contribution < -0.4 is 16.2 Å². The first-order valence-electron chi connectivity index (χ1n) is 9.91. The van der Waals surface area contributed by atoms with Crippen LogP contribution in [0, 0.1) is 0 Å². The first-order chi connectivity index (χ1) is 14.9. The quantitative estimate of drug-likeness (QED) is 0.409. The van der Waals surface area contributed by atoms with Gasteiger partial charge < -0.3 is 10.4 Å². The van der Waals surface area contributed by atoms with Crippen LogP contribution in [0.2, 0.25) is 5.02 Å². The summed E-state index contributed by atoms with van der Waals surface area (Å²) in [7, 11) is 1.38. The summed E-state index contributed by atoms with van der Waals surface area (Å²) in [4.78, 5) is 40.2. The number of hydrogen-bond acceptors (Lipinski definition) is 5. The number of fused-ring (bicyclic) bond motifs is 1. The Hall–Kier alpha value is -3.17. The number of amides is 1. The second-order valence-electron chi connectivity index (χ2n) is 7.64. The van der Waals surface area contributed by atoms with Gasteiger partial charge in [0.2, 0.25) is 5.91 Å². The molecule has 1 amide bonds. The molecule has 1 fully saturated rings. The van der Waals surface area contributed by atoms with Gasteiger partial charge in [-0.1, -0.05) is 36.2 Å². The average molecular weight is 444 g/mol. The van der Waals surface area contributed by atoms with E-state index in [9.17, 15) is 14.4 Å². The largest absolute Gasteiger partial charge is 0.480 e. The van der Waals surface area contributed by atoms with Crippen molar-refractivity contribution in [2.75, 3.05) is 7.05 Å². The van der Waals surface area contributed by atoms with Crippen LogP contribution in [0.15, 0.2) is 41.2 Å². The lowest BCUT2D eigenvalue weighted by molar-refractivity contribution is -0.143. The van der Waals surface area contributed by atoms with Crippen LogP contribution in [-0.4, -0.2) is 44.7 Å². The predicted octanol–water partition coefficient (Wildman–Crippen LogP) is 1.43. The molecule has 0 radical (unpaired) electrons. The molecule has 2 aromatic heterocycles. The maximum absolute atomic E-state index is 12.6. The van der Waals surface area contributed by atoms with Crippen LogP contribution in [0.4, 0.5) is 0 Å². The van der Waals surface area contributed by atoms with E-state index in [1.54, 1.807) is 0 Å². The van der Waals surface area contributed by atoms with Crippen molar-refractivity contribution in [3.63, 3.8) is 0 Å². The van der Waals surface area contributed by atoms with Crippen LogP contribution in [0.3, 0.4) is 0 Å². The van der Waals surface area contributed by atoms with Crippen molar-refractivity contribution in [2.24, 2.45) is 0 Å². The minimum absolute atomic E-state index is 0.0633. The monoisotopic (exact) mass is 443 g/mol. The van der Waals surface area contributed by atoms with Gasteiger partial charge in [0.25, 0.3) is 5.56 Å². The zero-order chi connectivity index (χ0) is 22.2. The van der Waals surface area contributed by atoms with Gasteiger partial charge in [-0.05, 0) is 31.5 Å². The van der Waals surface area contributed by atoms with Gasteiger partial charge in [0.05, 0.1) is 12.2 Å². The van der Waals surface area contributed by atoms with E-state index in [0.29, 0.717) is 16.4 Å². The molecule has 2 heterocycles. The Balaban J connectivity index is 1.64. The smallest absolute Gasteiger partial charge is 0.330 e. The molecule has 1 atom stereocenters. The fourth-order valence-electron chi connectivity index (χ4n) is 4.09. The number of likely N-dealkylation sites (N-methyl/N-ethyl adjacent to an activating group) is 1. The summed E-state index contributed by atoms with van der Waals surface area (Å²) in [5, 5.41) is 17.8. The van der Waals surface area contributed by atoms with Crippen LogP contribution in [-0.2, 0) is 21.5 Å². The summed E-state index contributed by atoms with van der Waals surface area (Å²) in [5.41, 5.74) is 2.02. The number of H-pyrrole nitrogens is 1. The highest BCUT2D eigenvalue weighted by Gasteiger charge is 2.43. The van der Waals surface area contributed by atoms with Gasteiger partial charge in [0, 0.05) is 28.3 Å². The zero-order valence-corrected chi connectivity index (χ0v) is 17.6. The molecule has 0 bridgehead atoms. The lowest BCUT2D eigenvalue weighted by Gasteiger charge is -2.42. The lowest BCUT2D eigenvalue weighted by atomic mass is 9.62. The van der Waals surface area contributed by atoms with Crippen molar-refractivity contribution < 1.29 is 14.7 Å². The highest BCUT2D eigenvalue weighted by molar-refractivity contribution is 6.31. The Bertz CT molecular complexity index is 1210. The number of carboxylic acids is 1. The minimum Gasteiger partial charge on any atom is -0.480 e. The van der Waals surface area contributed by atoms with Crippen molar-refractivity contribution in [3.05, 3.63) is 68.7 Å². The second-order valence-corrected chi connectivity index (χ2v) is 8.05. The molecule has 4 rings (SSSR count). The number of carbonyl (C=O) groups is 2. The number of carboxylic acid groups (broad SMARTS) is 1. The SMILES string of the molecule is CNC(C(=O)O)C(=O)NCc1cc(=O)n2[nH]c(C3(c4ccccc4Cl)CCC3)cc2n1. The molecular weight excluding hydrogens is 422 g/mol. The van der Waals surface area contributed by atoms with Crippen molar-refractivity contribution >= 4 is 29.1 Å². The van der Waals surface area contributed by atoms with Gasteiger partial charge in [-0.2, -0.15) is 0 Å². The standard InChI is InChI=1S/C21H22ClN5O4/c1-23-18(20(30)31)19(29)24-11-12-9-17(28)27-16(25-12)10-15(26-27)21(7-4-8-21)13-5-2-3-6-14(13)22/h2-3,5-6,9-10,18,23,26H,4,7-8,11H2,1H3,(H,24,29)(H,30,31). The summed E-state index contributed by atoms with van der Waals surface area (Å²) < 4.78 is 1.37. The first kappa shape index (κ1) is 21.1. The zero-order valence-electron chi connectivity index (χ0n) is 16.8. The van der Waals surface area contributed by atoms with Gasteiger partial charge in [0.1, 0.15) is 0 Å². The van der Waals surface area contributed by atoms with E-state index in [-0.39, 0.29) is 17.5 Å². The van der Waals surface area contributed by atoms with E-state index in [4.69, 9.17) is 16.7 Å². The number of nitrogens with zero attached hydrogens (tertiary/aromatic N) is 2. The molecular formula is C21H22ClN5O4. The molecule has 1 aromatic carbocycles. The lowest BCUT2D eigenvalue weighted by Crippen LogP contribution is -2.47. The Morgan fingerprint density at radius 1 is 1.32 bits per heavy atom. The van der Waals surface area contributed by atoms with E-state index in [1.807, 2.05) is 30.3 Å². The van der Waals surface area contributed by atoms with Crippen molar-refractivity contribution in [3.8, 4) is 0 Å². The number of rotatable bonds is 7. The summed E-state index contributed by atoms with van der Waals surface area (Å²) in [6.45, 7) is -0.0633. The van der Waals surface area contributed by atoms with Gasteiger partial charge in [-0.25, -0.2) is 14.3 Å². The van der Waals surface area contributed by atoms with E-state index < -0.39 is 17.9 Å². The minimum atomic E-state index is -1.38. The number of aliphatic carboxylic acids is 1. The third-order valence-electron chi connectivity index (χ3n) is 5.86. The van der Waals surface area contributed by atoms with E-state index in [0.717, 1.165) is 30.5 Å². The van der Waals surface area contributed by atoms with Crippen LogP contribution >= 0.6 is 11.6 Å². The van der Waals surface area contributed by atoms with Gasteiger partial charge in [-0.15, -0.1) is 0 Å². The molecule has 0 saturated heterocycles. The molecule has 9 nitrogen and oxygen atoms in total. The predicted molar refractivity (Wildman–Crippen MR) is 114 cm³/mol.